The predicted octanol–water partition coefficient (Wildman–Crippen LogP) is 13.2. The average Bonchev–Trinajstić information content (AvgIpc) is 3.56. The second-order valence-electron chi connectivity index (χ2n) is 12.1. The van der Waals surface area contributed by atoms with Crippen LogP contribution < -0.4 is 0 Å². The summed E-state index contributed by atoms with van der Waals surface area (Å²) in [5, 5.41) is 9.76. The molecule has 0 aliphatic heterocycles. The van der Waals surface area contributed by atoms with Crippen LogP contribution in [0.5, 0.6) is 0 Å². The van der Waals surface area contributed by atoms with Crippen molar-refractivity contribution in [3.63, 3.8) is 0 Å². The molecule has 1 heteroatoms. The summed E-state index contributed by atoms with van der Waals surface area (Å²) >= 11 is 0. The van der Waals surface area contributed by atoms with Gasteiger partial charge in [0, 0.05) is 16.2 Å². The Morgan fingerprint density at radius 3 is 1.77 bits per heavy atom. The third-order valence-corrected chi connectivity index (χ3v) is 9.57. The van der Waals surface area contributed by atoms with Crippen molar-refractivity contribution in [3.05, 3.63) is 170 Å². The topological polar surface area (TPSA) is 13.1 Å². The van der Waals surface area contributed by atoms with E-state index in [2.05, 4.69) is 133 Å². The Morgan fingerprint density at radius 1 is 0.383 bits per heavy atom. The molecule has 9 aromatic carbocycles. The van der Waals surface area contributed by atoms with Gasteiger partial charge >= 0.3 is 0 Å². The third kappa shape index (κ3) is 3.97. The fourth-order valence-electron chi connectivity index (χ4n) is 7.46. The van der Waals surface area contributed by atoms with E-state index in [-0.39, 0.29) is 24.2 Å². The van der Waals surface area contributed by atoms with Crippen LogP contribution in [0.25, 0.3) is 98.4 Å². The van der Waals surface area contributed by atoms with Crippen molar-refractivity contribution in [2.24, 2.45) is 0 Å². The number of hydrogen-bond donors (Lipinski definition) is 0. The fourth-order valence-corrected chi connectivity index (χ4v) is 7.46. The zero-order chi connectivity index (χ0) is 34.4. The minimum Gasteiger partial charge on any atom is -0.455 e. The first-order valence-corrected chi connectivity index (χ1v) is 15.9. The maximum absolute atomic E-state index is 8.67. The van der Waals surface area contributed by atoms with Crippen molar-refractivity contribution in [3.8, 4) is 33.4 Å². The van der Waals surface area contributed by atoms with Crippen LogP contribution in [0.1, 0.15) is 5.48 Å². The molecule has 1 heterocycles. The molecule has 1 aromatic heterocycles. The van der Waals surface area contributed by atoms with Crippen LogP contribution >= 0.6 is 0 Å². The molecular weight excluding hydrogens is 569 g/mol. The molecule has 0 aliphatic carbocycles. The number of furan rings is 1. The molecule has 0 N–H and O–H groups in total. The Bertz CT molecular complexity index is 3030. The molecule has 0 aliphatic rings. The molecule has 10 rings (SSSR count). The normalized spacial score (nSPS) is 13.0. The summed E-state index contributed by atoms with van der Waals surface area (Å²) in [6, 6.07) is 50.4. The fraction of sp³-hybridized carbons (Fsp3) is 0. The second-order valence-corrected chi connectivity index (χ2v) is 12.1. The van der Waals surface area contributed by atoms with E-state index in [1.54, 1.807) is 6.07 Å². The summed E-state index contributed by atoms with van der Waals surface area (Å²) in [5.41, 5.74) is 7.91. The van der Waals surface area contributed by atoms with E-state index in [4.69, 9.17) is 9.90 Å². The van der Waals surface area contributed by atoms with Gasteiger partial charge in [-0.05, 0) is 95.3 Å². The monoisotopic (exact) mass is 600 g/mol. The van der Waals surface area contributed by atoms with Crippen molar-refractivity contribution in [1.29, 1.82) is 0 Å². The van der Waals surface area contributed by atoms with Crippen LogP contribution in [0.15, 0.2) is 174 Å². The largest absolute Gasteiger partial charge is 0.455 e. The van der Waals surface area contributed by atoms with Crippen molar-refractivity contribution >= 4 is 65.0 Å². The van der Waals surface area contributed by atoms with E-state index < -0.39 is 0 Å². The van der Waals surface area contributed by atoms with Gasteiger partial charge in [-0.3, -0.25) is 0 Å². The van der Waals surface area contributed by atoms with Crippen LogP contribution in [-0.2, 0) is 0 Å². The van der Waals surface area contributed by atoms with Gasteiger partial charge in [0.1, 0.15) is 11.2 Å². The van der Waals surface area contributed by atoms with Crippen LogP contribution in [-0.4, -0.2) is 0 Å². The summed E-state index contributed by atoms with van der Waals surface area (Å²) in [6.45, 7) is 0. The molecule has 0 atom stereocenters. The van der Waals surface area contributed by atoms with Crippen LogP contribution in [0.2, 0.25) is 0 Å². The Kier molecular flexibility index (Phi) is 4.83. The smallest absolute Gasteiger partial charge is 0.143 e. The predicted molar refractivity (Wildman–Crippen MR) is 200 cm³/mol. The lowest BCUT2D eigenvalue weighted by Gasteiger charge is -2.20. The highest BCUT2D eigenvalue weighted by molar-refractivity contribution is 6.23. The van der Waals surface area contributed by atoms with Crippen molar-refractivity contribution in [2.75, 3.05) is 0 Å². The van der Waals surface area contributed by atoms with Crippen LogP contribution in [0.4, 0.5) is 0 Å². The number of rotatable bonds is 3. The van der Waals surface area contributed by atoms with Gasteiger partial charge in [0.2, 0.25) is 0 Å². The van der Waals surface area contributed by atoms with Crippen molar-refractivity contribution in [2.45, 2.75) is 0 Å². The van der Waals surface area contributed by atoms with Crippen molar-refractivity contribution in [1.82, 2.24) is 0 Å². The second kappa shape index (κ2) is 10.2. The molecule has 10 aromatic rings. The maximum Gasteiger partial charge on any atom is 0.143 e. The molecule has 0 saturated carbocycles. The van der Waals surface area contributed by atoms with Gasteiger partial charge in [-0.1, -0.05) is 145 Å². The highest BCUT2D eigenvalue weighted by Gasteiger charge is 2.19. The molecule has 0 unspecified atom stereocenters. The Labute approximate surface area is 277 Å². The molecular formula is C46H28O. The standard InChI is InChI=1S/C46H28O/c1-2-13-31-27-33(22-21-29(31)11-1)44-38-17-7-9-19-40(38)45(41-20-10-8-18-39(41)44)37-16-6-5-14-34(37)32-24-25-36-42-26-23-30-12-3-4-15-35(30)46(42)47-43(36)28-32/h1-28H/i3D,4D,12D,15D. The summed E-state index contributed by atoms with van der Waals surface area (Å²) < 4.78 is 40.1. The highest BCUT2D eigenvalue weighted by atomic mass is 16.3. The number of benzene rings is 9. The van der Waals surface area contributed by atoms with E-state index in [0.29, 0.717) is 21.9 Å². The van der Waals surface area contributed by atoms with E-state index in [1.165, 1.54) is 49.0 Å². The van der Waals surface area contributed by atoms with Crippen LogP contribution in [0.3, 0.4) is 0 Å². The van der Waals surface area contributed by atoms with Gasteiger partial charge in [-0.15, -0.1) is 0 Å². The minimum atomic E-state index is -0.263. The molecule has 0 bridgehead atoms. The summed E-state index contributed by atoms with van der Waals surface area (Å²) in [7, 11) is 0. The Balaban J connectivity index is 1.22. The zero-order valence-electron chi connectivity index (χ0n) is 29.3. The van der Waals surface area contributed by atoms with E-state index in [0.717, 1.165) is 27.5 Å². The van der Waals surface area contributed by atoms with Gasteiger partial charge in [0.15, 0.2) is 0 Å². The van der Waals surface area contributed by atoms with E-state index >= 15 is 0 Å². The summed E-state index contributed by atoms with van der Waals surface area (Å²) in [5.74, 6) is 0. The third-order valence-electron chi connectivity index (χ3n) is 9.57. The Morgan fingerprint density at radius 2 is 0.979 bits per heavy atom. The van der Waals surface area contributed by atoms with Gasteiger partial charge < -0.3 is 4.42 Å². The summed E-state index contributed by atoms with van der Waals surface area (Å²) in [6.07, 6.45) is 0. The lowest BCUT2D eigenvalue weighted by Crippen LogP contribution is -1.92. The lowest BCUT2D eigenvalue weighted by molar-refractivity contribution is 0.673. The first-order valence-electron chi connectivity index (χ1n) is 17.9. The molecule has 0 amide bonds. The van der Waals surface area contributed by atoms with Gasteiger partial charge in [0.25, 0.3) is 0 Å². The quantitative estimate of drug-likeness (QED) is 0.184. The highest BCUT2D eigenvalue weighted by Crippen LogP contribution is 2.47. The lowest BCUT2D eigenvalue weighted by atomic mass is 9.83. The van der Waals surface area contributed by atoms with Gasteiger partial charge in [-0.2, -0.15) is 0 Å². The van der Waals surface area contributed by atoms with E-state index in [1.807, 2.05) is 6.07 Å². The van der Waals surface area contributed by atoms with Gasteiger partial charge in [0.05, 0.1) is 5.48 Å². The first-order chi connectivity index (χ1) is 25.0. The summed E-state index contributed by atoms with van der Waals surface area (Å²) in [4.78, 5) is 0. The molecule has 1 nitrogen and oxygen atoms in total. The number of hydrogen-bond acceptors (Lipinski definition) is 1. The molecule has 0 fully saturated rings. The van der Waals surface area contributed by atoms with Crippen LogP contribution in [0, 0.1) is 0 Å². The minimum absolute atomic E-state index is 0.0611. The molecule has 0 radical (unpaired) electrons. The molecule has 47 heavy (non-hydrogen) atoms. The van der Waals surface area contributed by atoms with Gasteiger partial charge in [-0.25, -0.2) is 0 Å². The van der Waals surface area contributed by atoms with E-state index in [9.17, 15) is 0 Å². The zero-order valence-corrected chi connectivity index (χ0v) is 25.3. The molecule has 218 valence electrons. The average molecular weight is 601 g/mol. The Hall–Kier alpha value is -6.18. The first kappa shape index (κ1) is 22.3. The maximum atomic E-state index is 8.67. The number of fused-ring (bicyclic) bond motifs is 8. The van der Waals surface area contributed by atoms with Crippen molar-refractivity contribution < 1.29 is 9.90 Å². The molecule has 0 saturated heterocycles. The SMILES string of the molecule is [2H]c1c([2H])c([2H])c2c(ccc3c4ccc(-c5ccccc5-c5c6ccccc6c(-c6ccc7ccccc7c6)c6ccccc56)cc4oc32)c1[2H]. The molecule has 0 spiro atoms.